The van der Waals surface area contributed by atoms with Gasteiger partial charge in [0, 0.05) is 47.9 Å². The van der Waals surface area contributed by atoms with Crippen LogP contribution < -0.4 is 4.74 Å². The van der Waals surface area contributed by atoms with Gasteiger partial charge in [0.05, 0.1) is 0 Å². The molecule has 0 radical (unpaired) electrons. The molecule has 1 aliphatic heterocycles. The summed E-state index contributed by atoms with van der Waals surface area (Å²) in [6.45, 7) is 2.13. The summed E-state index contributed by atoms with van der Waals surface area (Å²) >= 11 is 0. The molecular formula is C24H24N2O5. The van der Waals surface area contributed by atoms with E-state index in [1.807, 2.05) is 36.4 Å². The number of aromatic amines is 1. The van der Waals surface area contributed by atoms with E-state index in [0.29, 0.717) is 12.2 Å². The Kier molecular flexibility index (Phi) is 7.24. The standard InChI is InChI=1S/C20H20N2O.C4H4O4/c1-22-11-9-15(10-12-22)19-14-21-20-8-7-17(13-18(19)20)23-16-5-3-2-4-6-16;5-3(6)1-2-4(7)8/h2-9,13-14,21H,10-12H2,1H3;1-2H,(H,5,6)(H,7,8). The molecule has 2 aromatic carbocycles. The van der Waals surface area contributed by atoms with Crippen LogP contribution in [0.25, 0.3) is 16.5 Å². The molecule has 0 amide bonds. The van der Waals surface area contributed by atoms with E-state index in [1.165, 1.54) is 16.5 Å². The van der Waals surface area contributed by atoms with Crippen molar-refractivity contribution in [2.75, 3.05) is 20.1 Å². The van der Waals surface area contributed by atoms with Crippen LogP contribution in [0, 0.1) is 0 Å². The van der Waals surface area contributed by atoms with E-state index in [4.69, 9.17) is 14.9 Å². The molecule has 31 heavy (non-hydrogen) atoms. The van der Waals surface area contributed by atoms with E-state index in [0.717, 1.165) is 36.5 Å². The van der Waals surface area contributed by atoms with Gasteiger partial charge in [-0.1, -0.05) is 24.3 Å². The molecule has 0 saturated carbocycles. The summed E-state index contributed by atoms with van der Waals surface area (Å²) in [5.41, 5.74) is 3.87. The van der Waals surface area contributed by atoms with Gasteiger partial charge in [-0.25, -0.2) is 9.59 Å². The van der Waals surface area contributed by atoms with Crippen molar-refractivity contribution in [1.29, 1.82) is 0 Å². The summed E-state index contributed by atoms with van der Waals surface area (Å²) in [6.07, 6.45) is 6.66. The monoisotopic (exact) mass is 420 g/mol. The first kappa shape index (κ1) is 21.9. The van der Waals surface area contributed by atoms with Crippen molar-refractivity contribution >= 4 is 28.4 Å². The van der Waals surface area contributed by atoms with Crippen LogP contribution in [0.3, 0.4) is 0 Å². The molecule has 7 heteroatoms. The molecule has 3 aromatic rings. The molecular weight excluding hydrogens is 396 g/mol. The molecule has 0 fully saturated rings. The number of aromatic nitrogens is 1. The van der Waals surface area contributed by atoms with Crippen LogP contribution in [0.2, 0.25) is 0 Å². The first-order valence-corrected chi connectivity index (χ1v) is 9.78. The van der Waals surface area contributed by atoms with E-state index in [1.54, 1.807) is 0 Å². The predicted molar refractivity (Wildman–Crippen MR) is 119 cm³/mol. The second kappa shape index (κ2) is 10.3. The third kappa shape index (κ3) is 6.32. The Bertz CT molecular complexity index is 1100. The Balaban J connectivity index is 0.000000293. The molecule has 0 bridgehead atoms. The number of aliphatic carboxylic acids is 2. The van der Waals surface area contributed by atoms with Gasteiger partial charge in [-0.15, -0.1) is 0 Å². The first-order valence-electron chi connectivity index (χ1n) is 9.78. The Labute approximate surface area is 179 Å². The van der Waals surface area contributed by atoms with Gasteiger partial charge in [-0.2, -0.15) is 0 Å². The number of benzene rings is 2. The summed E-state index contributed by atoms with van der Waals surface area (Å²) in [5, 5.41) is 16.9. The molecule has 0 unspecified atom stereocenters. The van der Waals surface area contributed by atoms with Crippen LogP contribution >= 0.6 is 0 Å². The van der Waals surface area contributed by atoms with Gasteiger partial charge in [0.1, 0.15) is 11.5 Å². The molecule has 1 aromatic heterocycles. The molecule has 2 heterocycles. The van der Waals surface area contributed by atoms with Gasteiger partial charge in [0.2, 0.25) is 0 Å². The number of hydrogen-bond donors (Lipinski definition) is 3. The molecule has 0 saturated heterocycles. The second-order valence-electron chi connectivity index (χ2n) is 7.08. The van der Waals surface area contributed by atoms with Crippen molar-refractivity contribution < 1.29 is 24.5 Å². The van der Waals surface area contributed by atoms with Crippen molar-refractivity contribution in [3.05, 3.63) is 78.5 Å². The largest absolute Gasteiger partial charge is 0.478 e. The van der Waals surface area contributed by atoms with E-state index in [2.05, 4.69) is 41.3 Å². The third-order valence-corrected chi connectivity index (χ3v) is 4.76. The number of rotatable bonds is 5. The zero-order chi connectivity index (χ0) is 22.2. The number of carbonyl (C=O) groups is 2. The summed E-state index contributed by atoms with van der Waals surface area (Å²) < 4.78 is 5.97. The van der Waals surface area contributed by atoms with Crippen LogP contribution in [0.4, 0.5) is 0 Å². The van der Waals surface area contributed by atoms with Crippen molar-refractivity contribution in [2.24, 2.45) is 0 Å². The van der Waals surface area contributed by atoms with Gasteiger partial charge < -0.3 is 24.8 Å². The zero-order valence-electron chi connectivity index (χ0n) is 17.1. The Morgan fingerprint density at radius 3 is 2.35 bits per heavy atom. The van der Waals surface area contributed by atoms with Gasteiger partial charge in [-0.3, -0.25) is 0 Å². The number of hydrogen-bond acceptors (Lipinski definition) is 4. The molecule has 160 valence electrons. The van der Waals surface area contributed by atoms with E-state index >= 15 is 0 Å². The SMILES string of the molecule is CN1CC=C(c2c[nH]c3ccc(Oc4ccccc4)cc23)CC1.O=C(O)C=CC(=O)O. The molecule has 0 atom stereocenters. The maximum absolute atomic E-state index is 9.55. The van der Waals surface area contributed by atoms with Gasteiger partial charge in [-0.05, 0) is 49.4 Å². The minimum absolute atomic E-state index is 0.558. The zero-order valence-corrected chi connectivity index (χ0v) is 17.1. The molecule has 4 rings (SSSR count). The average Bonchev–Trinajstić information content (AvgIpc) is 3.17. The number of likely N-dealkylation sites (N-methyl/N-ethyl adjacent to an activating group) is 1. The van der Waals surface area contributed by atoms with Crippen molar-refractivity contribution in [2.45, 2.75) is 6.42 Å². The fraction of sp³-hybridized carbons (Fsp3) is 0.167. The highest BCUT2D eigenvalue weighted by Crippen LogP contribution is 2.32. The van der Waals surface area contributed by atoms with Crippen LogP contribution in [0.5, 0.6) is 11.5 Å². The van der Waals surface area contributed by atoms with E-state index in [-0.39, 0.29) is 0 Å². The Morgan fingerprint density at radius 2 is 1.74 bits per heavy atom. The van der Waals surface area contributed by atoms with Crippen LogP contribution in [0.1, 0.15) is 12.0 Å². The minimum Gasteiger partial charge on any atom is -0.478 e. The van der Waals surface area contributed by atoms with Crippen molar-refractivity contribution in [1.82, 2.24) is 9.88 Å². The molecule has 1 aliphatic rings. The lowest BCUT2D eigenvalue weighted by atomic mass is 9.99. The lowest BCUT2D eigenvalue weighted by Crippen LogP contribution is -2.23. The van der Waals surface area contributed by atoms with E-state index < -0.39 is 11.9 Å². The van der Waals surface area contributed by atoms with Crippen LogP contribution in [-0.2, 0) is 9.59 Å². The predicted octanol–water partition coefficient (Wildman–Crippen LogP) is 4.39. The number of carboxylic acid groups (broad SMARTS) is 2. The van der Waals surface area contributed by atoms with Crippen LogP contribution in [-0.4, -0.2) is 52.2 Å². The first-order chi connectivity index (χ1) is 14.9. The van der Waals surface area contributed by atoms with Gasteiger partial charge in [0.15, 0.2) is 0 Å². The molecule has 0 spiro atoms. The number of ether oxygens (including phenoxy) is 1. The van der Waals surface area contributed by atoms with Gasteiger partial charge in [0.25, 0.3) is 0 Å². The number of carboxylic acids is 2. The van der Waals surface area contributed by atoms with Crippen LogP contribution in [0.15, 0.2) is 73.0 Å². The summed E-state index contributed by atoms with van der Waals surface area (Å²) in [7, 11) is 2.16. The Morgan fingerprint density at radius 1 is 1.03 bits per heavy atom. The Hall–Kier alpha value is -3.84. The lowest BCUT2D eigenvalue weighted by molar-refractivity contribution is -0.134. The highest BCUT2D eigenvalue weighted by molar-refractivity contribution is 5.93. The third-order valence-electron chi connectivity index (χ3n) is 4.76. The fourth-order valence-corrected chi connectivity index (χ4v) is 3.21. The number of fused-ring (bicyclic) bond motifs is 1. The maximum Gasteiger partial charge on any atom is 0.328 e. The maximum atomic E-state index is 9.55. The molecule has 7 nitrogen and oxygen atoms in total. The molecule has 0 aliphatic carbocycles. The minimum atomic E-state index is -1.26. The highest BCUT2D eigenvalue weighted by atomic mass is 16.5. The number of nitrogens with zero attached hydrogens (tertiary/aromatic N) is 1. The van der Waals surface area contributed by atoms with Crippen molar-refractivity contribution in [3.63, 3.8) is 0 Å². The normalized spacial score (nSPS) is 14.0. The lowest BCUT2D eigenvalue weighted by Gasteiger charge is -2.21. The average molecular weight is 420 g/mol. The molecule has 3 N–H and O–H groups in total. The summed E-state index contributed by atoms with van der Waals surface area (Å²) in [4.78, 5) is 24.8. The van der Waals surface area contributed by atoms with Crippen molar-refractivity contribution in [3.8, 4) is 11.5 Å². The fourth-order valence-electron chi connectivity index (χ4n) is 3.21. The topological polar surface area (TPSA) is 103 Å². The van der Waals surface area contributed by atoms with E-state index in [9.17, 15) is 9.59 Å². The number of nitrogens with one attached hydrogen (secondary N) is 1. The number of para-hydroxylation sites is 1. The summed E-state index contributed by atoms with van der Waals surface area (Å²) in [6, 6.07) is 16.1. The quantitative estimate of drug-likeness (QED) is 0.529. The second-order valence-corrected chi connectivity index (χ2v) is 7.08. The summed E-state index contributed by atoms with van der Waals surface area (Å²) in [5.74, 6) is -0.777. The number of H-pyrrole nitrogens is 1. The smallest absolute Gasteiger partial charge is 0.328 e. The van der Waals surface area contributed by atoms with Gasteiger partial charge >= 0.3 is 11.9 Å². The highest BCUT2D eigenvalue weighted by Gasteiger charge is 2.14.